The maximum atomic E-state index is 7.28. The zero-order chi connectivity index (χ0) is 63.5. The van der Waals surface area contributed by atoms with Gasteiger partial charge in [0.25, 0.3) is 0 Å². The van der Waals surface area contributed by atoms with E-state index < -0.39 is 31.7 Å². The van der Waals surface area contributed by atoms with Crippen molar-refractivity contribution in [2.24, 2.45) is 0 Å². The predicted molar refractivity (Wildman–Crippen MR) is 405 cm³/mol. The van der Waals surface area contributed by atoms with Gasteiger partial charge in [-0.1, -0.05) is 189 Å². The van der Waals surface area contributed by atoms with E-state index in [1.165, 1.54) is 112 Å². The first-order chi connectivity index (χ1) is 45.2. The van der Waals surface area contributed by atoms with Gasteiger partial charge >= 0.3 is 89.5 Å². The quantitative estimate of drug-likeness (QED) is 0.0441. The molecule has 0 heterocycles. The molecule has 0 aromatic heterocycles. The first-order valence-electron chi connectivity index (χ1n) is 31.4. The molecule has 0 bridgehead atoms. The third-order valence-electron chi connectivity index (χ3n) is 17.4. The van der Waals surface area contributed by atoms with E-state index in [0.29, 0.717) is 0 Å². The maximum absolute atomic E-state index is 7.28. The van der Waals surface area contributed by atoms with Crippen LogP contribution in [0.4, 0.5) is 0 Å². The summed E-state index contributed by atoms with van der Waals surface area (Å²) in [6.45, 7) is 4.39. The summed E-state index contributed by atoms with van der Waals surface area (Å²) in [4.78, 5) is 0. The Kier molecular flexibility index (Phi) is 31.0. The van der Waals surface area contributed by atoms with E-state index in [-0.39, 0.29) is 94.9 Å². The maximum Gasteiger partial charge on any atom is 1.00 e. The Hall–Kier alpha value is -6.44. The molecule has 0 radical (unpaired) electrons. The molecule has 0 fully saturated rings. The monoisotopic (exact) mass is 2040 g/mol. The van der Waals surface area contributed by atoms with Crippen molar-refractivity contribution in [2.45, 2.75) is 25.7 Å². The SMILES string of the molecule is [Au+].[Au+].[Au+].[Au+].[C-]#Cc1ccc2c(c1)-c1ccc(C#[C-])cc1C2(C)C.[C-]#Cc1ccc2c(c1)Cc1ccc(C#[C-])cc1-2.c1ccc([PH+](CC[PH+](c2ccccc2)c2ccccc2)c2ccccc2)cc1.c1ccc([PH+](CC[PH+](c2ccccc2)c2ccccc2)c2ccccc2)cc1. The molecule has 14 rings (SSSR count). The molecular formula is C88H72Au4P4+4. The molecule has 0 N–H and O–H groups in total. The summed E-state index contributed by atoms with van der Waals surface area (Å²) in [5, 5.41) is 12.1. The van der Waals surface area contributed by atoms with E-state index in [4.69, 9.17) is 25.7 Å². The predicted octanol–water partition coefficient (Wildman–Crippen LogP) is 16.4. The Morgan fingerprint density at radius 1 is 0.260 bits per heavy atom. The summed E-state index contributed by atoms with van der Waals surface area (Å²) >= 11 is 0. The number of hydrogen-bond acceptors (Lipinski definition) is 0. The van der Waals surface area contributed by atoms with Crippen LogP contribution in [0.2, 0.25) is 0 Å². The van der Waals surface area contributed by atoms with Crippen molar-refractivity contribution in [3.8, 4) is 45.9 Å². The molecule has 0 aliphatic heterocycles. The molecule has 2 aliphatic rings. The number of hydrogen-bond donors (Lipinski definition) is 0. The van der Waals surface area contributed by atoms with Crippen LogP contribution < -0.4 is 42.4 Å². The third kappa shape index (κ3) is 19.5. The normalized spacial score (nSPS) is 11.2. The molecular weight excluding hydrogens is 1970 g/mol. The van der Waals surface area contributed by atoms with Gasteiger partial charge in [-0.25, -0.2) is 0 Å². The van der Waals surface area contributed by atoms with Crippen LogP contribution in [-0.4, -0.2) is 24.6 Å². The molecule has 12 aromatic rings. The molecule has 2 aliphatic carbocycles. The van der Waals surface area contributed by atoms with Crippen molar-refractivity contribution in [2.75, 3.05) is 24.6 Å². The Bertz CT molecular complexity index is 4080. The Labute approximate surface area is 638 Å². The van der Waals surface area contributed by atoms with E-state index in [0.717, 1.165) is 28.7 Å². The van der Waals surface area contributed by atoms with Gasteiger partial charge in [0.05, 0.1) is 74.1 Å². The Morgan fingerprint density at radius 2 is 0.521 bits per heavy atom. The van der Waals surface area contributed by atoms with Crippen molar-refractivity contribution in [3.63, 3.8) is 0 Å². The average molecular weight is 2040 g/mol. The van der Waals surface area contributed by atoms with Crippen LogP contribution in [0.15, 0.2) is 315 Å². The molecule has 96 heavy (non-hydrogen) atoms. The van der Waals surface area contributed by atoms with Crippen LogP contribution in [0.5, 0.6) is 0 Å². The number of benzene rings is 12. The number of fused-ring (bicyclic) bond motifs is 6. The van der Waals surface area contributed by atoms with Gasteiger partial charge in [-0.3, -0.25) is 23.7 Å². The van der Waals surface area contributed by atoms with Crippen molar-refractivity contribution < 1.29 is 89.5 Å². The fraction of sp³-hybridized carbons (Fsp3) is 0.0909. The van der Waals surface area contributed by atoms with Crippen LogP contribution in [-0.2, 0) is 101 Å². The van der Waals surface area contributed by atoms with Gasteiger partial charge < -0.3 is 25.7 Å². The fourth-order valence-electron chi connectivity index (χ4n) is 12.7. The summed E-state index contributed by atoms with van der Waals surface area (Å²) < 4.78 is 0. The van der Waals surface area contributed by atoms with Gasteiger partial charge in [-0.05, 0) is 142 Å². The van der Waals surface area contributed by atoms with Crippen molar-refractivity contribution in [3.05, 3.63) is 386 Å². The minimum atomic E-state index is -0.783. The molecule has 0 saturated heterocycles. The minimum Gasteiger partial charge on any atom is -0.366 e. The summed E-state index contributed by atoms with van der Waals surface area (Å²) in [6.07, 6.45) is 34.8. The molecule has 12 aromatic carbocycles. The average Bonchev–Trinajstić information content (AvgIpc) is 1.58. The first-order valence-corrected chi connectivity index (χ1v) is 38.2. The van der Waals surface area contributed by atoms with Gasteiger partial charge in [0, 0.05) is 5.41 Å². The van der Waals surface area contributed by atoms with Gasteiger partial charge in [0.2, 0.25) is 0 Å². The molecule has 0 atom stereocenters. The van der Waals surface area contributed by atoms with Gasteiger partial charge in [0.15, 0.2) is 0 Å². The van der Waals surface area contributed by atoms with Gasteiger partial charge in [0.1, 0.15) is 24.6 Å². The van der Waals surface area contributed by atoms with E-state index >= 15 is 0 Å². The summed E-state index contributed by atoms with van der Waals surface area (Å²) in [7, 11) is -3.13. The van der Waals surface area contributed by atoms with E-state index in [2.05, 4.69) is 292 Å². The molecule has 0 unspecified atom stereocenters. The van der Waals surface area contributed by atoms with Crippen LogP contribution in [0.3, 0.4) is 0 Å². The zero-order valence-corrected chi connectivity index (χ0v) is 65.9. The standard InChI is InChI=1S/2C26H24P2.C19H12.C17H8.4Au/c2*1-5-13-23(14-6-1)27(24-15-7-2-8-16-24)21-22-28(25-17-9-3-10-18-25)26-19-11-4-12-20-26;1-5-13-8-10-17-16(11-13)15-9-7-14(6-2)12-18(15)19(17,3)4;1-3-12-6-8-16-15(9-12)11-14-7-5-13(4-2)10-17(14)16;;;;/h2*1-20H,21-22H2;7-12H,3-4H3;5-10H,11H2;;;;/q;;2*-2;4*+1/p+4. The minimum absolute atomic E-state index is 0. The van der Waals surface area contributed by atoms with Crippen molar-refractivity contribution in [1.82, 2.24) is 0 Å². The van der Waals surface area contributed by atoms with Gasteiger partial charge in [-0.15, -0.1) is 70.8 Å². The van der Waals surface area contributed by atoms with Crippen molar-refractivity contribution in [1.29, 1.82) is 0 Å². The summed E-state index contributed by atoms with van der Waals surface area (Å²) in [5.74, 6) is 9.73. The topological polar surface area (TPSA) is 0 Å². The third-order valence-corrected chi connectivity index (χ3v) is 29.6. The van der Waals surface area contributed by atoms with Crippen LogP contribution >= 0.6 is 31.7 Å². The smallest absolute Gasteiger partial charge is 0.366 e. The van der Waals surface area contributed by atoms with E-state index in [1.807, 2.05) is 60.7 Å². The fourth-order valence-corrected chi connectivity index (χ4v) is 25.1. The second-order valence-corrected chi connectivity index (χ2v) is 33.9. The van der Waals surface area contributed by atoms with Crippen LogP contribution in [0, 0.1) is 49.4 Å². The Balaban J connectivity index is 0.000000182. The second kappa shape index (κ2) is 38.6. The van der Waals surface area contributed by atoms with Crippen molar-refractivity contribution >= 4 is 74.1 Å². The molecule has 0 amide bonds. The molecule has 0 spiro atoms. The Morgan fingerprint density at radius 3 is 0.833 bits per heavy atom. The molecule has 8 heteroatoms. The molecule has 0 nitrogen and oxygen atoms in total. The van der Waals surface area contributed by atoms with Gasteiger partial charge in [-0.2, -0.15) is 0 Å². The van der Waals surface area contributed by atoms with E-state index in [1.54, 1.807) is 0 Å². The second-order valence-electron chi connectivity index (χ2n) is 23.4. The molecule has 484 valence electrons. The van der Waals surface area contributed by atoms with E-state index in [9.17, 15) is 0 Å². The zero-order valence-electron chi connectivity index (χ0n) is 53.3. The summed E-state index contributed by atoms with van der Waals surface area (Å²) in [5.41, 5.74) is 12.9. The van der Waals surface area contributed by atoms with Crippen LogP contribution in [0.1, 0.15) is 58.4 Å². The van der Waals surface area contributed by atoms with Crippen LogP contribution in [0.25, 0.3) is 22.3 Å². The molecule has 0 saturated carbocycles. The largest absolute Gasteiger partial charge is 1.00 e. The first kappa shape index (κ1) is 76.9. The summed E-state index contributed by atoms with van der Waals surface area (Å²) in [6, 6.07) is 113. The number of rotatable bonds is 14.